The van der Waals surface area contributed by atoms with E-state index in [1.165, 1.54) is 40.3 Å². The maximum Gasteiger partial charge on any atom is 0.295 e. The van der Waals surface area contributed by atoms with Crippen molar-refractivity contribution < 1.29 is 13.6 Å². The second-order valence-corrected chi connectivity index (χ2v) is 6.99. The van der Waals surface area contributed by atoms with Crippen LogP contribution in [0.15, 0.2) is 60.0 Å². The minimum atomic E-state index is -0.582. The maximum atomic E-state index is 13.7. The molecule has 0 aliphatic heterocycles. The molecule has 1 N–H and O–H groups in total. The summed E-state index contributed by atoms with van der Waals surface area (Å²) in [4.78, 5) is 17.8. The van der Waals surface area contributed by atoms with E-state index in [-0.39, 0.29) is 5.82 Å². The average molecular weight is 396 g/mol. The van der Waals surface area contributed by atoms with E-state index in [0.717, 1.165) is 4.88 Å². The molecule has 0 aliphatic carbocycles. The van der Waals surface area contributed by atoms with Crippen molar-refractivity contribution in [3.05, 3.63) is 83.0 Å². The molecule has 140 valence electrons. The molecule has 0 bridgehead atoms. The van der Waals surface area contributed by atoms with E-state index in [9.17, 15) is 13.6 Å². The van der Waals surface area contributed by atoms with Crippen LogP contribution in [0.1, 0.15) is 16.2 Å². The first-order valence-electron chi connectivity index (χ1n) is 8.35. The van der Waals surface area contributed by atoms with Crippen LogP contribution in [0.4, 0.5) is 14.5 Å². The van der Waals surface area contributed by atoms with E-state index in [1.54, 1.807) is 25.1 Å². The molecule has 0 aliphatic rings. The molecule has 8 heteroatoms. The molecule has 2 heterocycles. The van der Waals surface area contributed by atoms with Crippen LogP contribution in [-0.4, -0.2) is 20.7 Å². The van der Waals surface area contributed by atoms with Crippen molar-refractivity contribution in [3.8, 4) is 16.4 Å². The number of aromatic nitrogens is 3. The lowest BCUT2D eigenvalue weighted by Crippen LogP contribution is -2.15. The maximum absolute atomic E-state index is 13.7. The van der Waals surface area contributed by atoms with Gasteiger partial charge in [0.2, 0.25) is 5.82 Å². The largest absolute Gasteiger partial charge is 0.319 e. The Hall–Kier alpha value is -3.39. The summed E-state index contributed by atoms with van der Waals surface area (Å²) in [7, 11) is 0. The molecule has 0 atom stereocenters. The highest BCUT2D eigenvalue weighted by molar-refractivity contribution is 7.13. The molecule has 4 rings (SSSR count). The molecule has 28 heavy (non-hydrogen) atoms. The molecular weight excluding hydrogens is 382 g/mol. The molecule has 4 aromatic rings. The second kappa shape index (κ2) is 7.32. The molecule has 1 amide bonds. The number of benzene rings is 2. The number of hydrogen-bond donors (Lipinski definition) is 1. The highest BCUT2D eigenvalue weighted by Gasteiger charge is 2.20. The molecule has 2 aromatic heterocycles. The number of nitrogens with one attached hydrogen (secondary N) is 1. The summed E-state index contributed by atoms with van der Waals surface area (Å²) in [5, 5.41) is 8.76. The summed E-state index contributed by atoms with van der Waals surface area (Å²) in [6.07, 6.45) is 0. The van der Waals surface area contributed by atoms with Crippen LogP contribution < -0.4 is 5.32 Å². The molecule has 5 nitrogen and oxygen atoms in total. The van der Waals surface area contributed by atoms with Gasteiger partial charge in [0, 0.05) is 5.69 Å². The van der Waals surface area contributed by atoms with Crippen LogP contribution in [-0.2, 0) is 0 Å². The predicted molar refractivity (Wildman–Crippen MR) is 104 cm³/mol. The van der Waals surface area contributed by atoms with Gasteiger partial charge in [0.15, 0.2) is 5.82 Å². The predicted octanol–water partition coefficient (Wildman–Crippen LogP) is 4.83. The molecule has 0 saturated heterocycles. The fourth-order valence-electron chi connectivity index (χ4n) is 2.67. The summed E-state index contributed by atoms with van der Waals surface area (Å²) in [5.41, 5.74) is 1.49. The first-order valence-corrected chi connectivity index (χ1v) is 9.23. The third-order valence-electron chi connectivity index (χ3n) is 4.05. The molecule has 2 aromatic carbocycles. The number of carbonyl (C=O) groups excluding carboxylic acids is 1. The van der Waals surface area contributed by atoms with Crippen LogP contribution in [0, 0.1) is 18.6 Å². The van der Waals surface area contributed by atoms with Gasteiger partial charge in [0.1, 0.15) is 11.6 Å². The van der Waals surface area contributed by atoms with Crippen LogP contribution in [0.25, 0.3) is 16.4 Å². The van der Waals surface area contributed by atoms with Gasteiger partial charge in [-0.25, -0.2) is 18.4 Å². The van der Waals surface area contributed by atoms with E-state index in [4.69, 9.17) is 0 Å². The number of halogens is 2. The zero-order valence-electron chi connectivity index (χ0n) is 14.7. The molecule has 0 fully saturated rings. The lowest BCUT2D eigenvalue weighted by molar-refractivity contribution is 0.101. The minimum absolute atomic E-state index is 0.101. The first-order chi connectivity index (χ1) is 13.5. The van der Waals surface area contributed by atoms with Crippen LogP contribution >= 0.6 is 11.3 Å². The summed E-state index contributed by atoms with van der Waals surface area (Å²) in [6.45, 7) is 1.75. The zero-order chi connectivity index (χ0) is 19.7. The number of aryl methyl sites for hydroxylation is 1. The van der Waals surface area contributed by atoms with Gasteiger partial charge in [-0.15, -0.1) is 16.4 Å². The van der Waals surface area contributed by atoms with Crippen molar-refractivity contribution in [2.45, 2.75) is 6.92 Å². The fourth-order valence-corrected chi connectivity index (χ4v) is 3.37. The number of carbonyl (C=O) groups is 1. The van der Waals surface area contributed by atoms with Gasteiger partial charge in [0.05, 0.1) is 10.6 Å². The molecule has 0 radical (unpaired) electrons. The first kappa shape index (κ1) is 18.0. The Balaban J connectivity index is 1.75. The fraction of sp³-hybridized carbons (Fsp3) is 0.0500. The Labute approximate surface area is 163 Å². The highest BCUT2D eigenvalue weighted by atomic mass is 32.1. The summed E-state index contributed by atoms with van der Waals surface area (Å²) in [6, 6.07) is 13.7. The van der Waals surface area contributed by atoms with E-state index in [2.05, 4.69) is 15.4 Å². The summed E-state index contributed by atoms with van der Waals surface area (Å²) >= 11 is 1.42. The summed E-state index contributed by atoms with van der Waals surface area (Å²) < 4.78 is 28.6. The number of thiophene rings is 1. The third kappa shape index (κ3) is 3.54. The van der Waals surface area contributed by atoms with Gasteiger partial charge in [0.25, 0.3) is 5.91 Å². The van der Waals surface area contributed by atoms with Gasteiger partial charge < -0.3 is 5.32 Å². The summed E-state index contributed by atoms with van der Waals surface area (Å²) in [5.74, 6) is -1.15. The number of hydrogen-bond acceptors (Lipinski definition) is 4. The lowest BCUT2D eigenvalue weighted by atomic mass is 10.2. The third-order valence-corrected chi connectivity index (χ3v) is 4.92. The highest BCUT2D eigenvalue weighted by Crippen LogP contribution is 2.26. The van der Waals surface area contributed by atoms with Crippen molar-refractivity contribution in [1.82, 2.24) is 14.8 Å². The standard InChI is InChI=1S/C20H14F2N4OS/c1-12-7-8-14(22)11-16(12)23-20(27)18-24-19(17-6-3-9-28-17)26(25-18)15-5-2-4-13(21)10-15/h2-11H,1H3,(H,23,27). The van der Waals surface area contributed by atoms with Crippen LogP contribution in [0.5, 0.6) is 0 Å². The van der Waals surface area contributed by atoms with Crippen LogP contribution in [0.2, 0.25) is 0 Å². The van der Waals surface area contributed by atoms with E-state index >= 15 is 0 Å². The Morgan fingerprint density at radius 2 is 1.89 bits per heavy atom. The zero-order valence-corrected chi connectivity index (χ0v) is 15.5. The minimum Gasteiger partial charge on any atom is -0.319 e. The van der Waals surface area contributed by atoms with Gasteiger partial charge in [-0.2, -0.15) is 0 Å². The molecule has 0 saturated carbocycles. The van der Waals surface area contributed by atoms with Crippen molar-refractivity contribution in [2.24, 2.45) is 0 Å². The number of rotatable bonds is 4. The monoisotopic (exact) mass is 396 g/mol. The molecular formula is C20H14F2N4OS. The topological polar surface area (TPSA) is 59.8 Å². The number of anilines is 1. The van der Waals surface area contributed by atoms with E-state index < -0.39 is 17.5 Å². The van der Waals surface area contributed by atoms with Gasteiger partial charge in [-0.3, -0.25) is 4.79 Å². The number of nitrogens with zero attached hydrogens (tertiary/aromatic N) is 3. The SMILES string of the molecule is Cc1ccc(F)cc1NC(=O)c1nc(-c2cccs2)n(-c2cccc(F)c2)n1. The Kier molecular flexibility index (Phi) is 4.70. The normalized spacial score (nSPS) is 10.8. The Bertz CT molecular complexity index is 1150. The van der Waals surface area contributed by atoms with Crippen molar-refractivity contribution >= 4 is 22.9 Å². The molecule has 0 spiro atoms. The van der Waals surface area contributed by atoms with Gasteiger partial charge in [-0.1, -0.05) is 18.2 Å². The van der Waals surface area contributed by atoms with Crippen molar-refractivity contribution in [3.63, 3.8) is 0 Å². The van der Waals surface area contributed by atoms with E-state index in [0.29, 0.717) is 22.8 Å². The van der Waals surface area contributed by atoms with E-state index in [1.807, 2.05) is 17.5 Å². The lowest BCUT2D eigenvalue weighted by Gasteiger charge is -2.06. The Morgan fingerprint density at radius 1 is 1.07 bits per heavy atom. The quantitative estimate of drug-likeness (QED) is 0.537. The second-order valence-electron chi connectivity index (χ2n) is 6.04. The Morgan fingerprint density at radius 3 is 2.64 bits per heavy atom. The van der Waals surface area contributed by atoms with Crippen molar-refractivity contribution in [1.29, 1.82) is 0 Å². The van der Waals surface area contributed by atoms with Gasteiger partial charge >= 0.3 is 0 Å². The number of amides is 1. The van der Waals surface area contributed by atoms with Crippen LogP contribution in [0.3, 0.4) is 0 Å². The average Bonchev–Trinajstić information content (AvgIpc) is 3.34. The molecule has 0 unspecified atom stereocenters. The smallest absolute Gasteiger partial charge is 0.295 e. The van der Waals surface area contributed by atoms with Gasteiger partial charge in [-0.05, 0) is 54.3 Å². The van der Waals surface area contributed by atoms with Crippen molar-refractivity contribution in [2.75, 3.05) is 5.32 Å².